The first-order valence-electron chi connectivity index (χ1n) is 17.8. The van der Waals surface area contributed by atoms with Crippen LogP contribution in [0.4, 0.5) is 0 Å². The number of carbonyl (C=O) groups excluding carboxylic acids is 3. The van der Waals surface area contributed by atoms with Crippen molar-refractivity contribution in [3.8, 4) is 0 Å². The van der Waals surface area contributed by atoms with Gasteiger partial charge in [0.25, 0.3) is 0 Å². The molecule has 3 aliphatic heterocycles. The molecule has 0 radical (unpaired) electrons. The second kappa shape index (κ2) is 14.9. The van der Waals surface area contributed by atoms with Crippen LogP contribution in [0.25, 0.3) is 0 Å². The van der Waals surface area contributed by atoms with Crippen LogP contribution in [0.5, 0.6) is 0 Å². The van der Waals surface area contributed by atoms with E-state index in [1.807, 2.05) is 35.8 Å². The summed E-state index contributed by atoms with van der Waals surface area (Å²) in [6, 6.07) is 7.89. The first-order chi connectivity index (χ1) is 21.8. The smallest absolute Gasteiger partial charge is 0.227 e. The lowest BCUT2D eigenvalue weighted by molar-refractivity contribution is -0.143. The molecule has 4 atom stereocenters. The molecule has 4 fully saturated rings. The van der Waals surface area contributed by atoms with Crippen LogP contribution in [0.1, 0.15) is 85.6 Å². The van der Waals surface area contributed by atoms with Crippen molar-refractivity contribution in [1.82, 2.24) is 19.6 Å². The molecule has 4 aliphatic rings. The second-order valence-electron chi connectivity index (χ2n) is 15.8. The van der Waals surface area contributed by atoms with Crippen molar-refractivity contribution in [3.05, 3.63) is 34.9 Å². The Kier molecular flexibility index (Phi) is 11.4. The molecule has 1 saturated carbocycles. The summed E-state index contributed by atoms with van der Waals surface area (Å²) in [5, 5.41) is 0.711. The van der Waals surface area contributed by atoms with Crippen molar-refractivity contribution in [1.29, 1.82) is 0 Å². The quantitative estimate of drug-likeness (QED) is 0.369. The summed E-state index contributed by atoms with van der Waals surface area (Å²) < 4.78 is 5.51. The maximum absolute atomic E-state index is 14.9. The predicted octanol–water partition coefficient (Wildman–Crippen LogP) is 5.51. The summed E-state index contributed by atoms with van der Waals surface area (Å²) in [4.78, 5) is 50.9. The lowest BCUT2D eigenvalue weighted by atomic mass is 9.85. The summed E-state index contributed by atoms with van der Waals surface area (Å²) in [6.07, 6.45) is 6.01. The maximum Gasteiger partial charge on any atom is 0.227 e. The molecule has 8 nitrogen and oxygen atoms in total. The Bertz CT molecular complexity index is 1200. The molecule has 0 N–H and O–H groups in total. The largest absolute Gasteiger partial charge is 0.378 e. The lowest BCUT2D eigenvalue weighted by Crippen LogP contribution is -2.51. The van der Waals surface area contributed by atoms with Crippen molar-refractivity contribution < 1.29 is 19.1 Å². The molecule has 0 bridgehead atoms. The van der Waals surface area contributed by atoms with Gasteiger partial charge in [0.15, 0.2) is 0 Å². The fourth-order valence-electron chi connectivity index (χ4n) is 8.22. The number of rotatable bonds is 8. The van der Waals surface area contributed by atoms with Gasteiger partial charge in [-0.3, -0.25) is 19.3 Å². The fourth-order valence-corrected chi connectivity index (χ4v) is 8.35. The molecule has 0 spiro atoms. The average Bonchev–Trinajstić information content (AvgIpc) is 3.64. The van der Waals surface area contributed by atoms with Crippen LogP contribution in [0.3, 0.4) is 0 Å². The SMILES string of the molecule is CC(C)C(=O)N([C@H]1C[C@@H](CC(=O)N2CCOCC2)N(C(=O)[C@@H]2CN(C(C)(C)C)C[C@H]2Cc2ccc(Cl)cc2)C1)[C@H]1CC[C@@H](C)CC1. The molecular formula is C37H57ClN4O4. The Morgan fingerprint density at radius 3 is 2.22 bits per heavy atom. The van der Waals surface area contributed by atoms with E-state index in [4.69, 9.17) is 16.3 Å². The first-order valence-corrected chi connectivity index (χ1v) is 18.2. The Hall–Kier alpha value is -2.16. The molecule has 256 valence electrons. The van der Waals surface area contributed by atoms with E-state index in [2.05, 4.69) is 49.6 Å². The highest BCUT2D eigenvalue weighted by molar-refractivity contribution is 6.30. The first kappa shape index (κ1) is 35.2. The molecule has 46 heavy (non-hydrogen) atoms. The van der Waals surface area contributed by atoms with Crippen molar-refractivity contribution >= 4 is 29.3 Å². The van der Waals surface area contributed by atoms with Gasteiger partial charge in [0.1, 0.15) is 0 Å². The van der Waals surface area contributed by atoms with Crippen LogP contribution < -0.4 is 0 Å². The zero-order chi connectivity index (χ0) is 33.2. The monoisotopic (exact) mass is 656 g/mol. The summed E-state index contributed by atoms with van der Waals surface area (Å²) in [5.41, 5.74) is 1.12. The van der Waals surface area contributed by atoms with Gasteiger partial charge in [0.2, 0.25) is 17.7 Å². The minimum Gasteiger partial charge on any atom is -0.378 e. The Labute approximate surface area is 282 Å². The lowest BCUT2D eigenvalue weighted by Gasteiger charge is -2.41. The van der Waals surface area contributed by atoms with E-state index in [9.17, 15) is 14.4 Å². The molecule has 5 rings (SSSR count). The summed E-state index contributed by atoms with van der Waals surface area (Å²) in [5.74, 6) is 0.935. The molecule has 0 aromatic heterocycles. The van der Waals surface area contributed by atoms with Gasteiger partial charge in [-0.2, -0.15) is 0 Å². The standard InChI is InChI=1S/C37H57ClN4O4/c1-25(2)35(44)42(30-13-7-26(3)8-14-30)32-20-31(21-34(43)39-15-17-46-18-16-39)41(23-32)36(45)33-24-40(37(4,5)6)22-28(33)19-27-9-11-29(38)12-10-27/h9-12,25-26,28,30-33H,7-8,13-24H2,1-6H3/t26-,28-,30+,31+,32+,33-/m1/s1. The van der Waals surface area contributed by atoms with E-state index in [1.54, 1.807) is 0 Å². The summed E-state index contributed by atoms with van der Waals surface area (Å²) in [7, 11) is 0. The zero-order valence-corrected chi connectivity index (χ0v) is 29.8. The number of likely N-dealkylation sites (tertiary alicyclic amines) is 2. The molecule has 1 aromatic rings. The topological polar surface area (TPSA) is 73.4 Å². The highest BCUT2D eigenvalue weighted by Crippen LogP contribution is 2.38. The molecule has 3 heterocycles. The van der Waals surface area contributed by atoms with E-state index < -0.39 is 0 Å². The van der Waals surface area contributed by atoms with Crippen molar-refractivity contribution in [2.45, 2.75) is 110 Å². The fraction of sp³-hybridized carbons (Fsp3) is 0.757. The van der Waals surface area contributed by atoms with Gasteiger partial charge in [-0.25, -0.2) is 0 Å². The van der Waals surface area contributed by atoms with Crippen LogP contribution in [0, 0.1) is 23.7 Å². The number of halogens is 1. The molecule has 0 unspecified atom stereocenters. The van der Waals surface area contributed by atoms with Gasteiger partial charge in [-0.05, 0) is 88.8 Å². The molecular weight excluding hydrogens is 600 g/mol. The number of carbonyl (C=O) groups is 3. The van der Waals surface area contributed by atoms with Crippen molar-refractivity contribution in [2.75, 3.05) is 45.9 Å². The number of hydrogen-bond acceptors (Lipinski definition) is 5. The molecule has 3 saturated heterocycles. The van der Waals surface area contributed by atoms with Gasteiger partial charge in [0.05, 0.1) is 25.2 Å². The summed E-state index contributed by atoms with van der Waals surface area (Å²) in [6.45, 7) is 17.3. The van der Waals surface area contributed by atoms with Crippen LogP contribution in [0.15, 0.2) is 24.3 Å². The highest BCUT2D eigenvalue weighted by atomic mass is 35.5. The minimum absolute atomic E-state index is 0.0644. The third-order valence-electron chi connectivity index (χ3n) is 11.1. The van der Waals surface area contributed by atoms with Gasteiger partial charge >= 0.3 is 0 Å². The Morgan fingerprint density at radius 1 is 0.957 bits per heavy atom. The van der Waals surface area contributed by atoms with E-state index in [0.29, 0.717) is 63.2 Å². The number of hydrogen-bond donors (Lipinski definition) is 0. The van der Waals surface area contributed by atoms with Crippen LogP contribution in [-0.2, 0) is 25.5 Å². The maximum atomic E-state index is 14.9. The van der Waals surface area contributed by atoms with Gasteiger partial charge in [0, 0.05) is 67.7 Å². The Morgan fingerprint density at radius 2 is 1.61 bits per heavy atom. The van der Waals surface area contributed by atoms with E-state index in [0.717, 1.165) is 38.6 Å². The van der Waals surface area contributed by atoms with Crippen molar-refractivity contribution in [2.24, 2.45) is 23.7 Å². The van der Waals surface area contributed by atoms with E-state index >= 15 is 0 Å². The third-order valence-corrected chi connectivity index (χ3v) is 11.3. The number of ether oxygens (including phenoxy) is 1. The van der Waals surface area contributed by atoms with Gasteiger partial charge in [-0.1, -0.05) is 44.5 Å². The number of amides is 3. The second-order valence-corrected chi connectivity index (χ2v) is 16.3. The number of nitrogens with zero attached hydrogens (tertiary/aromatic N) is 4. The minimum atomic E-state index is -0.224. The zero-order valence-electron chi connectivity index (χ0n) is 29.1. The van der Waals surface area contributed by atoms with Crippen LogP contribution in [0.2, 0.25) is 5.02 Å². The number of morpholine rings is 1. The average molecular weight is 657 g/mol. The molecule has 3 amide bonds. The molecule has 1 aliphatic carbocycles. The Balaban J connectivity index is 1.43. The predicted molar refractivity (Wildman–Crippen MR) is 182 cm³/mol. The third kappa shape index (κ3) is 8.27. The van der Waals surface area contributed by atoms with Crippen molar-refractivity contribution in [3.63, 3.8) is 0 Å². The molecule has 9 heteroatoms. The van der Waals surface area contributed by atoms with E-state index in [-0.39, 0.29) is 59.1 Å². The summed E-state index contributed by atoms with van der Waals surface area (Å²) >= 11 is 6.20. The normalized spacial score (nSPS) is 29.4. The van der Waals surface area contributed by atoms with Gasteiger partial charge < -0.3 is 19.4 Å². The van der Waals surface area contributed by atoms with Crippen LogP contribution in [-0.4, -0.2) is 107 Å². The van der Waals surface area contributed by atoms with Gasteiger partial charge in [-0.15, -0.1) is 0 Å². The van der Waals surface area contributed by atoms with E-state index in [1.165, 1.54) is 5.56 Å². The highest BCUT2D eigenvalue weighted by Gasteiger charge is 2.48. The van der Waals surface area contributed by atoms with Crippen LogP contribution >= 0.6 is 11.6 Å². The number of benzene rings is 1. The molecule has 1 aromatic carbocycles.